The number of halogens is 3. The maximum absolute atomic E-state index is 15.3. The number of rotatable bonds is 10. The predicted octanol–water partition coefficient (Wildman–Crippen LogP) is 6.89. The van der Waals surface area contributed by atoms with Crippen molar-refractivity contribution in [3.63, 3.8) is 0 Å². The third-order valence-corrected chi connectivity index (χ3v) is 8.67. The van der Waals surface area contributed by atoms with Gasteiger partial charge in [0.1, 0.15) is 5.82 Å². The molecule has 3 atom stereocenters. The second-order valence-corrected chi connectivity index (χ2v) is 11.0. The number of hydrogen-bond acceptors (Lipinski definition) is 3. The molecule has 4 rings (SSSR count). The van der Waals surface area contributed by atoms with Crippen LogP contribution in [0.3, 0.4) is 0 Å². The molecule has 6 nitrogen and oxygen atoms in total. The van der Waals surface area contributed by atoms with E-state index in [-0.39, 0.29) is 33.5 Å². The zero-order chi connectivity index (χ0) is 26.4. The summed E-state index contributed by atoms with van der Waals surface area (Å²) in [7, 11) is 0. The van der Waals surface area contributed by atoms with Crippen LogP contribution in [-0.4, -0.2) is 29.8 Å². The van der Waals surface area contributed by atoms with E-state index < -0.39 is 23.4 Å². The van der Waals surface area contributed by atoms with Crippen molar-refractivity contribution in [2.24, 2.45) is 11.3 Å². The number of amides is 2. The molecule has 2 aliphatic carbocycles. The van der Waals surface area contributed by atoms with Crippen molar-refractivity contribution in [3.05, 3.63) is 69.5 Å². The molecule has 0 unspecified atom stereocenters. The number of carbonyl (C=O) groups is 2. The first-order valence-electron chi connectivity index (χ1n) is 12.8. The van der Waals surface area contributed by atoms with E-state index in [1.807, 2.05) is 30.3 Å². The van der Waals surface area contributed by atoms with E-state index >= 15 is 4.39 Å². The molecule has 2 aromatic rings. The van der Waals surface area contributed by atoms with Gasteiger partial charge < -0.3 is 20.5 Å². The van der Waals surface area contributed by atoms with Crippen LogP contribution in [0.25, 0.3) is 0 Å². The lowest BCUT2D eigenvalue weighted by atomic mass is 9.72. The molecule has 0 spiro atoms. The minimum Gasteiger partial charge on any atom is -0.465 e. The van der Waals surface area contributed by atoms with Gasteiger partial charge in [-0.25, -0.2) is 9.18 Å². The standard InChI is InChI=1S/C28H33Cl2FN2O4/c29-21-10-11-22(31)23(24(21)30)25(33-26(34)19-8-9-20(16-19)32-27(35)36)28(12-4-5-13-28)14-15-37-17-18-6-2-1-3-7-18/h1-3,6-7,10-11,19-20,25,32H,4-5,8-9,12-17H2,(H,33,34)(H,35,36)/t19-,20-,25-/m1/s1. The summed E-state index contributed by atoms with van der Waals surface area (Å²) in [4.78, 5) is 24.5. The molecule has 0 radical (unpaired) electrons. The normalized spacial score (nSPS) is 21.5. The van der Waals surface area contributed by atoms with Crippen molar-refractivity contribution in [3.8, 4) is 0 Å². The van der Waals surface area contributed by atoms with Crippen LogP contribution in [0.15, 0.2) is 42.5 Å². The van der Waals surface area contributed by atoms with E-state index in [0.29, 0.717) is 38.9 Å². The average Bonchev–Trinajstić information content (AvgIpc) is 3.55. The third-order valence-electron chi connectivity index (χ3n) is 7.85. The Balaban J connectivity index is 1.56. The maximum Gasteiger partial charge on any atom is 0.404 e. The van der Waals surface area contributed by atoms with Crippen molar-refractivity contribution < 1.29 is 23.8 Å². The summed E-state index contributed by atoms with van der Waals surface area (Å²) in [6.07, 6.45) is 4.58. The van der Waals surface area contributed by atoms with Gasteiger partial charge in [-0.1, -0.05) is 66.4 Å². The Bertz CT molecular complexity index is 1100. The Morgan fingerprint density at radius 3 is 2.54 bits per heavy atom. The predicted molar refractivity (Wildman–Crippen MR) is 141 cm³/mol. The molecule has 0 heterocycles. The van der Waals surface area contributed by atoms with E-state index in [0.717, 1.165) is 31.2 Å². The molecule has 2 aliphatic rings. The van der Waals surface area contributed by atoms with E-state index in [1.165, 1.54) is 12.1 Å². The van der Waals surface area contributed by atoms with E-state index in [1.54, 1.807) is 0 Å². The molecule has 0 aliphatic heterocycles. The highest BCUT2D eigenvalue weighted by Crippen LogP contribution is 2.52. The Kier molecular flexibility index (Phi) is 9.32. The SMILES string of the molecule is O=C(O)N[C@@H]1CC[C@@H](C(=O)N[C@H](c2c(F)ccc(Cl)c2Cl)C2(CCOCc3ccccc3)CCCC2)C1. The van der Waals surface area contributed by atoms with Gasteiger partial charge in [0, 0.05) is 24.1 Å². The number of carboxylic acid groups (broad SMARTS) is 1. The van der Waals surface area contributed by atoms with Crippen molar-refractivity contribution in [2.45, 2.75) is 70.1 Å². The van der Waals surface area contributed by atoms with Gasteiger partial charge in [-0.3, -0.25) is 4.79 Å². The van der Waals surface area contributed by atoms with Gasteiger partial charge in [0.25, 0.3) is 0 Å². The second kappa shape index (κ2) is 12.5. The molecule has 2 aromatic carbocycles. The van der Waals surface area contributed by atoms with E-state index in [2.05, 4.69) is 10.6 Å². The van der Waals surface area contributed by atoms with Crippen LogP contribution < -0.4 is 10.6 Å². The molecule has 9 heteroatoms. The lowest BCUT2D eigenvalue weighted by Gasteiger charge is -2.39. The van der Waals surface area contributed by atoms with Crippen LogP contribution >= 0.6 is 23.2 Å². The molecular weight excluding hydrogens is 518 g/mol. The second-order valence-electron chi connectivity index (χ2n) is 10.2. The summed E-state index contributed by atoms with van der Waals surface area (Å²) in [6, 6.07) is 11.7. The molecule has 0 bridgehead atoms. The molecule has 37 heavy (non-hydrogen) atoms. The minimum absolute atomic E-state index is 0.111. The fourth-order valence-electron chi connectivity index (χ4n) is 5.93. The fourth-order valence-corrected chi connectivity index (χ4v) is 6.35. The Morgan fingerprint density at radius 1 is 1.11 bits per heavy atom. The first kappa shape index (κ1) is 27.7. The Morgan fingerprint density at radius 2 is 1.84 bits per heavy atom. The zero-order valence-corrected chi connectivity index (χ0v) is 22.2. The molecule has 3 N–H and O–H groups in total. The molecule has 2 fully saturated rings. The highest BCUT2D eigenvalue weighted by atomic mass is 35.5. The van der Waals surface area contributed by atoms with Crippen LogP contribution in [0.4, 0.5) is 9.18 Å². The van der Waals surface area contributed by atoms with Gasteiger partial charge >= 0.3 is 6.09 Å². The van der Waals surface area contributed by atoms with Gasteiger partial charge in [-0.15, -0.1) is 0 Å². The summed E-state index contributed by atoms with van der Waals surface area (Å²) in [5, 5.41) is 15.0. The summed E-state index contributed by atoms with van der Waals surface area (Å²) >= 11 is 12.9. The molecule has 200 valence electrons. The fraction of sp³-hybridized carbons (Fsp3) is 0.500. The molecule has 2 saturated carbocycles. The zero-order valence-electron chi connectivity index (χ0n) is 20.7. The first-order chi connectivity index (χ1) is 17.8. The number of carbonyl (C=O) groups excluding carboxylic acids is 1. The van der Waals surface area contributed by atoms with Crippen LogP contribution in [0, 0.1) is 17.2 Å². The molecule has 2 amide bonds. The smallest absolute Gasteiger partial charge is 0.404 e. The number of benzene rings is 2. The van der Waals surface area contributed by atoms with Crippen molar-refractivity contribution in [1.29, 1.82) is 0 Å². The van der Waals surface area contributed by atoms with Crippen molar-refractivity contribution in [1.82, 2.24) is 10.6 Å². The van der Waals surface area contributed by atoms with Crippen molar-refractivity contribution >= 4 is 35.2 Å². The third kappa shape index (κ3) is 6.75. The molecule has 0 saturated heterocycles. The maximum atomic E-state index is 15.3. The lowest BCUT2D eigenvalue weighted by molar-refractivity contribution is -0.127. The monoisotopic (exact) mass is 550 g/mol. The molecule has 0 aromatic heterocycles. The highest BCUT2D eigenvalue weighted by Gasteiger charge is 2.45. The first-order valence-corrected chi connectivity index (χ1v) is 13.6. The summed E-state index contributed by atoms with van der Waals surface area (Å²) < 4.78 is 21.3. The summed E-state index contributed by atoms with van der Waals surface area (Å²) in [5.74, 6) is -1.09. The average molecular weight is 551 g/mol. The summed E-state index contributed by atoms with van der Waals surface area (Å²) in [6.45, 7) is 0.926. The van der Waals surface area contributed by atoms with E-state index in [4.69, 9.17) is 33.0 Å². The van der Waals surface area contributed by atoms with E-state index in [9.17, 15) is 9.59 Å². The van der Waals surface area contributed by atoms with Crippen LogP contribution in [0.2, 0.25) is 10.0 Å². The van der Waals surface area contributed by atoms with Gasteiger partial charge in [-0.2, -0.15) is 0 Å². The quantitative estimate of drug-likeness (QED) is 0.222. The van der Waals surface area contributed by atoms with Gasteiger partial charge in [-0.05, 0) is 61.6 Å². The Labute approximate surface area is 226 Å². The number of hydrogen-bond donors (Lipinski definition) is 3. The Hall–Kier alpha value is -2.35. The molecular formula is C28H33Cl2FN2O4. The van der Waals surface area contributed by atoms with Crippen molar-refractivity contribution in [2.75, 3.05) is 6.61 Å². The van der Waals surface area contributed by atoms with Crippen LogP contribution in [-0.2, 0) is 16.1 Å². The van der Waals surface area contributed by atoms with Crippen LogP contribution in [0.5, 0.6) is 0 Å². The highest BCUT2D eigenvalue weighted by molar-refractivity contribution is 6.42. The summed E-state index contributed by atoms with van der Waals surface area (Å²) in [5.41, 5.74) is 0.840. The number of nitrogens with one attached hydrogen (secondary N) is 2. The van der Waals surface area contributed by atoms with Gasteiger partial charge in [0.15, 0.2) is 0 Å². The largest absolute Gasteiger partial charge is 0.465 e. The van der Waals surface area contributed by atoms with Gasteiger partial charge in [0.2, 0.25) is 5.91 Å². The van der Waals surface area contributed by atoms with Gasteiger partial charge in [0.05, 0.1) is 22.7 Å². The van der Waals surface area contributed by atoms with Crippen LogP contribution in [0.1, 0.15) is 68.5 Å². The number of ether oxygens (including phenoxy) is 1. The topological polar surface area (TPSA) is 87.7 Å². The minimum atomic E-state index is -1.10. The lowest BCUT2D eigenvalue weighted by Crippen LogP contribution is -2.43.